The largest absolute Gasteiger partial charge is 0.489 e. The summed E-state index contributed by atoms with van der Waals surface area (Å²) in [5.74, 6) is 1.51. The molecular formula is C13H21NO. The van der Waals surface area contributed by atoms with E-state index in [1.165, 1.54) is 5.56 Å². The minimum absolute atomic E-state index is 0.206. The van der Waals surface area contributed by atoms with Gasteiger partial charge >= 0.3 is 0 Å². The van der Waals surface area contributed by atoms with Crippen LogP contribution in [0, 0.1) is 0 Å². The first-order valence-electron chi connectivity index (χ1n) is 5.54. The maximum absolute atomic E-state index is 5.78. The van der Waals surface area contributed by atoms with Gasteiger partial charge < -0.3 is 10.1 Å². The van der Waals surface area contributed by atoms with E-state index in [1.54, 1.807) is 0 Å². The van der Waals surface area contributed by atoms with Crippen LogP contribution in [0.3, 0.4) is 0 Å². The smallest absolute Gasteiger partial charge is 0.120 e. The Morgan fingerprint density at radius 3 is 2.60 bits per heavy atom. The molecular weight excluding hydrogens is 186 g/mol. The predicted octanol–water partition coefficient (Wildman–Crippen LogP) is 2.80. The minimum atomic E-state index is 0.206. The van der Waals surface area contributed by atoms with Crippen LogP contribution < -0.4 is 10.1 Å². The van der Waals surface area contributed by atoms with Crippen LogP contribution >= 0.6 is 0 Å². The highest BCUT2D eigenvalue weighted by Gasteiger charge is 2.04. The third-order valence-corrected chi connectivity index (χ3v) is 2.35. The lowest BCUT2D eigenvalue weighted by Crippen LogP contribution is -2.26. The quantitative estimate of drug-likeness (QED) is 0.801. The van der Waals surface area contributed by atoms with E-state index in [0.717, 1.165) is 12.3 Å². The van der Waals surface area contributed by atoms with Gasteiger partial charge in [0.15, 0.2) is 0 Å². The van der Waals surface area contributed by atoms with Crippen molar-refractivity contribution in [1.29, 1.82) is 0 Å². The molecule has 0 bridgehead atoms. The van der Waals surface area contributed by atoms with Crippen LogP contribution in [0.5, 0.6) is 5.75 Å². The second kappa shape index (κ2) is 5.76. The van der Waals surface area contributed by atoms with E-state index in [-0.39, 0.29) is 6.10 Å². The molecule has 1 atom stereocenters. The molecule has 1 unspecified atom stereocenters. The average Bonchev–Trinajstić information content (AvgIpc) is 2.18. The van der Waals surface area contributed by atoms with Gasteiger partial charge in [-0.3, -0.25) is 0 Å². The number of likely N-dealkylation sites (N-methyl/N-ethyl adjacent to an activating group) is 1. The number of benzene rings is 1. The Balaban J connectivity index is 2.65. The van der Waals surface area contributed by atoms with E-state index in [1.807, 2.05) is 13.1 Å². The maximum atomic E-state index is 5.78. The van der Waals surface area contributed by atoms with Crippen LogP contribution in [0.2, 0.25) is 0 Å². The van der Waals surface area contributed by atoms with Crippen molar-refractivity contribution in [2.75, 3.05) is 13.6 Å². The topological polar surface area (TPSA) is 21.3 Å². The summed E-state index contributed by atoms with van der Waals surface area (Å²) in [7, 11) is 1.93. The first kappa shape index (κ1) is 12.1. The fraction of sp³-hybridized carbons (Fsp3) is 0.538. The molecule has 1 aromatic carbocycles. The molecule has 0 fully saturated rings. The molecule has 1 N–H and O–H groups in total. The normalized spacial score (nSPS) is 12.9. The second-order valence-corrected chi connectivity index (χ2v) is 4.21. The first-order chi connectivity index (χ1) is 7.13. The van der Waals surface area contributed by atoms with E-state index in [2.05, 4.69) is 44.3 Å². The first-order valence-corrected chi connectivity index (χ1v) is 5.54. The van der Waals surface area contributed by atoms with Crippen molar-refractivity contribution in [3.63, 3.8) is 0 Å². The fourth-order valence-electron chi connectivity index (χ4n) is 1.51. The van der Waals surface area contributed by atoms with Gasteiger partial charge in [0.25, 0.3) is 0 Å². The molecule has 2 nitrogen and oxygen atoms in total. The van der Waals surface area contributed by atoms with Gasteiger partial charge in [0.05, 0.1) is 0 Å². The summed E-state index contributed by atoms with van der Waals surface area (Å²) in [6.07, 6.45) is 0.206. The van der Waals surface area contributed by atoms with Gasteiger partial charge in [0.1, 0.15) is 11.9 Å². The van der Waals surface area contributed by atoms with E-state index in [9.17, 15) is 0 Å². The van der Waals surface area contributed by atoms with Crippen molar-refractivity contribution < 1.29 is 4.74 Å². The van der Waals surface area contributed by atoms with Crippen LogP contribution in [0.1, 0.15) is 32.3 Å². The highest BCUT2D eigenvalue weighted by atomic mass is 16.5. The summed E-state index contributed by atoms with van der Waals surface area (Å²) < 4.78 is 5.78. The van der Waals surface area contributed by atoms with E-state index >= 15 is 0 Å². The number of hydrogen-bond acceptors (Lipinski definition) is 2. The summed E-state index contributed by atoms with van der Waals surface area (Å²) in [6.45, 7) is 7.32. The van der Waals surface area contributed by atoms with E-state index < -0.39 is 0 Å². The van der Waals surface area contributed by atoms with Crippen LogP contribution in [-0.4, -0.2) is 19.7 Å². The number of hydrogen-bond donors (Lipinski definition) is 1. The molecule has 0 aliphatic rings. The molecule has 0 aromatic heterocycles. The molecule has 0 saturated carbocycles. The third-order valence-electron chi connectivity index (χ3n) is 2.35. The molecule has 2 heteroatoms. The van der Waals surface area contributed by atoms with Gasteiger partial charge in [0, 0.05) is 6.54 Å². The van der Waals surface area contributed by atoms with E-state index in [4.69, 9.17) is 4.74 Å². The number of rotatable bonds is 5. The Kier molecular flexibility index (Phi) is 4.63. The van der Waals surface area contributed by atoms with Gasteiger partial charge in [-0.15, -0.1) is 0 Å². The lowest BCUT2D eigenvalue weighted by atomic mass is 10.0. The maximum Gasteiger partial charge on any atom is 0.120 e. The molecule has 0 radical (unpaired) electrons. The monoisotopic (exact) mass is 207 g/mol. The lowest BCUT2D eigenvalue weighted by molar-refractivity contribution is 0.220. The molecule has 15 heavy (non-hydrogen) atoms. The zero-order valence-corrected chi connectivity index (χ0v) is 10.1. The Morgan fingerprint density at radius 2 is 2.00 bits per heavy atom. The predicted molar refractivity (Wildman–Crippen MR) is 64.5 cm³/mol. The van der Waals surface area contributed by atoms with Crippen molar-refractivity contribution >= 4 is 0 Å². The molecule has 84 valence electrons. The highest BCUT2D eigenvalue weighted by molar-refractivity contribution is 5.30. The summed E-state index contributed by atoms with van der Waals surface area (Å²) in [5, 5.41) is 3.10. The van der Waals surface area contributed by atoms with Gasteiger partial charge in [-0.1, -0.05) is 26.0 Å². The zero-order chi connectivity index (χ0) is 11.3. The number of nitrogens with one attached hydrogen (secondary N) is 1. The van der Waals surface area contributed by atoms with Crippen molar-refractivity contribution in [3.8, 4) is 5.75 Å². The molecule has 0 spiro atoms. The molecule has 1 aromatic rings. The van der Waals surface area contributed by atoms with Gasteiger partial charge in [-0.2, -0.15) is 0 Å². The molecule has 0 amide bonds. The molecule has 1 rings (SSSR count). The van der Waals surface area contributed by atoms with Gasteiger partial charge in [0.2, 0.25) is 0 Å². The molecule has 0 heterocycles. The molecule has 0 saturated heterocycles. The Morgan fingerprint density at radius 1 is 1.27 bits per heavy atom. The van der Waals surface area contributed by atoms with Gasteiger partial charge in [-0.05, 0) is 37.6 Å². The summed E-state index contributed by atoms with van der Waals surface area (Å²) in [5.41, 5.74) is 1.32. The van der Waals surface area contributed by atoms with Crippen molar-refractivity contribution in [2.45, 2.75) is 32.8 Å². The highest BCUT2D eigenvalue weighted by Crippen LogP contribution is 2.20. The van der Waals surface area contributed by atoms with Crippen LogP contribution in [0.15, 0.2) is 24.3 Å². The Labute approximate surface area is 92.6 Å². The SMILES string of the molecule is CNCC(C)Oc1cccc(C(C)C)c1. The van der Waals surface area contributed by atoms with Crippen LogP contribution in [-0.2, 0) is 0 Å². The summed E-state index contributed by atoms with van der Waals surface area (Å²) in [4.78, 5) is 0. The Bertz CT molecular complexity index is 296. The fourth-order valence-corrected chi connectivity index (χ4v) is 1.51. The Hall–Kier alpha value is -1.02. The van der Waals surface area contributed by atoms with E-state index in [0.29, 0.717) is 5.92 Å². The summed E-state index contributed by atoms with van der Waals surface area (Å²) in [6, 6.07) is 8.33. The van der Waals surface area contributed by atoms with Gasteiger partial charge in [-0.25, -0.2) is 0 Å². The molecule has 0 aliphatic carbocycles. The summed E-state index contributed by atoms with van der Waals surface area (Å²) >= 11 is 0. The average molecular weight is 207 g/mol. The zero-order valence-electron chi connectivity index (χ0n) is 10.1. The lowest BCUT2D eigenvalue weighted by Gasteiger charge is -2.15. The second-order valence-electron chi connectivity index (χ2n) is 4.21. The molecule has 0 aliphatic heterocycles. The van der Waals surface area contributed by atoms with Crippen LogP contribution in [0.25, 0.3) is 0 Å². The third kappa shape index (κ3) is 3.92. The van der Waals surface area contributed by atoms with Crippen LogP contribution in [0.4, 0.5) is 0 Å². The standard InChI is InChI=1S/C13H21NO/c1-10(2)12-6-5-7-13(8-12)15-11(3)9-14-4/h5-8,10-11,14H,9H2,1-4H3. The van der Waals surface area contributed by atoms with Crippen molar-refractivity contribution in [2.24, 2.45) is 0 Å². The number of ether oxygens (including phenoxy) is 1. The minimum Gasteiger partial charge on any atom is -0.489 e. The van der Waals surface area contributed by atoms with Crippen molar-refractivity contribution in [3.05, 3.63) is 29.8 Å². The van der Waals surface area contributed by atoms with Crippen molar-refractivity contribution in [1.82, 2.24) is 5.32 Å².